The van der Waals surface area contributed by atoms with E-state index in [1.165, 1.54) is 165 Å². The summed E-state index contributed by atoms with van der Waals surface area (Å²) in [6.45, 7) is 39.4. The predicted octanol–water partition coefficient (Wildman–Crippen LogP) is 29.6. The van der Waals surface area contributed by atoms with Crippen molar-refractivity contribution in [3.8, 4) is 28.7 Å². The quantitative estimate of drug-likeness (QED) is 0.0341. The van der Waals surface area contributed by atoms with Crippen LogP contribution in [0.3, 0.4) is 0 Å². The molecule has 15 atom stereocenters. The number of phenolic OH excluding ortho intramolecular Hbond substituents is 1. The van der Waals surface area contributed by atoms with Crippen molar-refractivity contribution in [1.29, 1.82) is 0 Å². The van der Waals surface area contributed by atoms with Crippen LogP contribution in [0.15, 0.2) is 158 Å². The van der Waals surface area contributed by atoms with Crippen LogP contribution in [0.4, 0.5) is 0 Å². The van der Waals surface area contributed by atoms with Crippen LogP contribution in [0.2, 0.25) is 0 Å². The highest BCUT2D eigenvalue weighted by Crippen LogP contribution is 2.60. The van der Waals surface area contributed by atoms with E-state index in [1.807, 2.05) is 57.2 Å². The third-order valence-electron chi connectivity index (χ3n) is 26.7. The first-order chi connectivity index (χ1) is 54.4. The van der Waals surface area contributed by atoms with Crippen LogP contribution in [0.5, 0.6) is 28.7 Å². The lowest BCUT2D eigenvalue weighted by Gasteiger charge is -2.37. The number of carbonyl (C=O) groups is 1. The molecule has 6 saturated carbocycles. The summed E-state index contributed by atoms with van der Waals surface area (Å²) in [4.78, 5) is 12.0. The van der Waals surface area contributed by atoms with Crippen molar-refractivity contribution < 1.29 is 43.1 Å². The van der Waals surface area contributed by atoms with E-state index in [1.54, 1.807) is 12.1 Å². The van der Waals surface area contributed by atoms with Crippen molar-refractivity contribution in [1.82, 2.24) is 0 Å². The fraction of sp³-hybridized carbons (Fsp3) is 0.606. The summed E-state index contributed by atoms with van der Waals surface area (Å²) >= 11 is 0. The Morgan fingerprint density at radius 3 is 1.27 bits per heavy atom. The van der Waals surface area contributed by atoms with Gasteiger partial charge in [0.05, 0.1) is 24.2 Å². The van der Waals surface area contributed by atoms with Gasteiger partial charge in [-0.1, -0.05) is 265 Å². The highest BCUT2D eigenvalue weighted by atomic mass is 16.7. The molecule has 0 saturated heterocycles. The molecule has 0 amide bonds. The Morgan fingerprint density at radius 1 is 0.425 bits per heavy atom. The van der Waals surface area contributed by atoms with E-state index in [-0.39, 0.29) is 42.3 Å². The van der Waals surface area contributed by atoms with Gasteiger partial charge in [-0.3, -0.25) is 4.79 Å². The molecule has 113 heavy (non-hydrogen) atoms. The molecule has 7 aliphatic rings. The van der Waals surface area contributed by atoms with Gasteiger partial charge in [-0.05, 0) is 293 Å². The zero-order chi connectivity index (χ0) is 81.1. The fourth-order valence-corrected chi connectivity index (χ4v) is 18.3. The van der Waals surface area contributed by atoms with Gasteiger partial charge in [0.25, 0.3) is 0 Å². The van der Waals surface area contributed by atoms with Gasteiger partial charge in [0, 0.05) is 11.3 Å². The van der Waals surface area contributed by atoms with Crippen LogP contribution in [-0.4, -0.2) is 48.3 Å². The lowest BCUT2D eigenvalue weighted by atomic mass is 9.80. The van der Waals surface area contributed by atoms with Gasteiger partial charge in [0.1, 0.15) is 28.7 Å². The van der Waals surface area contributed by atoms with E-state index in [0.717, 1.165) is 85.9 Å². The predicted molar refractivity (Wildman–Crippen MR) is 471 cm³/mol. The van der Waals surface area contributed by atoms with Crippen LogP contribution in [0.25, 0.3) is 10.8 Å². The zero-order valence-corrected chi connectivity index (χ0v) is 73.4. The van der Waals surface area contributed by atoms with Crippen molar-refractivity contribution >= 4 is 16.7 Å². The Balaban J connectivity index is 0.000000159. The summed E-state index contributed by atoms with van der Waals surface area (Å²) in [6.07, 6.45) is 31.9. The largest absolute Gasteiger partial charge is 0.508 e. The third-order valence-corrected chi connectivity index (χ3v) is 26.7. The minimum Gasteiger partial charge on any atom is -0.508 e. The average Bonchev–Trinajstić information content (AvgIpc) is 1.58. The standard InChI is InChI=1S/C27H40O2.C18H28O2.C18H30O2.C17H24O2.C14H14.C10H14O/c1-3-18(2)19-12-14-22(15-13-19)28-27(20-8-5-4-6-9-20)29-26-17-21-16-25(26)24-11-7-10-23(21)24;1-4-14(2)16-10-12-18(13-11-16)20-15(3)19-17-8-6-5-7-9-17;1-8-14(4)15-9-11-16(12-10-15)20-17(18(5,6)7)19-13(2)3;1-3-13(2)14-9-11-16(12-10-14)19-17(18)15-7-5-4-6-8-15;1-9-10(2)13-8-4-6-11-5-3-7-12(9)14(11)13;1-3-8(2)9-4-6-10(11)7-5-9/h12-15,18,20-21,23-27H,3-11,16-17H2,1-2H3;10-15,17H,4-9H2,1-3H3;9-14,17H,8H2,1-7H3;9-13,15H,3-8H2,1-2H3;3-10H,1-2H3;4-8,11H,3H2,1-2H3. The lowest BCUT2D eigenvalue weighted by molar-refractivity contribution is -0.173. The summed E-state index contributed by atoms with van der Waals surface area (Å²) in [5.74, 6) is 12.5. The molecule has 15 unspecified atom stereocenters. The molecule has 0 spiro atoms. The van der Waals surface area contributed by atoms with Gasteiger partial charge in [0.2, 0.25) is 12.6 Å². The Hall–Kier alpha value is -6.65. The normalized spacial score (nSPS) is 22.7. The van der Waals surface area contributed by atoms with E-state index in [2.05, 4.69) is 213 Å². The van der Waals surface area contributed by atoms with E-state index >= 15 is 0 Å². The number of rotatable bonds is 25. The number of benzene rings is 7. The lowest BCUT2D eigenvalue weighted by Crippen LogP contribution is -2.39. The van der Waals surface area contributed by atoms with Crippen LogP contribution in [0.1, 0.15) is 366 Å². The summed E-state index contributed by atoms with van der Waals surface area (Å²) in [7, 11) is 0. The number of aromatic hydroxyl groups is 1. The fourth-order valence-electron chi connectivity index (χ4n) is 18.3. The van der Waals surface area contributed by atoms with Gasteiger partial charge >= 0.3 is 5.97 Å². The van der Waals surface area contributed by atoms with Gasteiger partial charge < -0.3 is 38.3 Å². The molecule has 7 aromatic rings. The molecule has 7 aliphatic carbocycles. The second-order valence-corrected chi connectivity index (χ2v) is 36.3. The highest BCUT2D eigenvalue weighted by molar-refractivity contribution is 5.92. The molecule has 0 heterocycles. The first-order valence-corrected chi connectivity index (χ1v) is 45.3. The molecule has 0 radical (unpaired) electrons. The van der Waals surface area contributed by atoms with E-state index in [9.17, 15) is 4.79 Å². The van der Waals surface area contributed by atoms with E-state index in [0.29, 0.717) is 71.1 Å². The highest BCUT2D eigenvalue weighted by Gasteiger charge is 2.55. The molecule has 1 N–H and O–H groups in total. The number of phenols is 1. The number of fused-ring (bicyclic) bond motifs is 5. The molecule has 9 heteroatoms. The first kappa shape index (κ1) is 90.3. The Morgan fingerprint density at radius 2 is 0.832 bits per heavy atom. The maximum absolute atomic E-state index is 12.0. The van der Waals surface area contributed by atoms with Crippen molar-refractivity contribution in [2.24, 2.45) is 40.9 Å². The monoisotopic (exact) mass is 1540 g/mol. The maximum Gasteiger partial charge on any atom is 0.314 e. The third kappa shape index (κ3) is 26.7. The molecule has 0 aliphatic heterocycles. The van der Waals surface area contributed by atoms with Gasteiger partial charge in [-0.2, -0.15) is 0 Å². The minimum absolute atomic E-state index is 0.0454. The van der Waals surface area contributed by atoms with E-state index in [4.69, 9.17) is 38.3 Å². The second kappa shape index (κ2) is 45.2. The van der Waals surface area contributed by atoms with Crippen molar-refractivity contribution in [2.45, 2.75) is 364 Å². The topological polar surface area (TPSA) is 102 Å². The summed E-state index contributed by atoms with van der Waals surface area (Å²) in [5.41, 5.74) is 9.76. The molecular weight excluding hydrogens is 1390 g/mol. The van der Waals surface area contributed by atoms with Crippen molar-refractivity contribution in [3.63, 3.8) is 0 Å². The summed E-state index contributed by atoms with van der Waals surface area (Å²) in [6, 6.07) is 54.4. The molecule has 6 fully saturated rings. The molecule has 7 aromatic carbocycles. The summed E-state index contributed by atoms with van der Waals surface area (Å²) < 4.78 is 42.7. The SMILES string of the molecule is CC1c2cccc3cccc(c23)C1C.CCC(C)c1ccc(O)cc1.CCC(C)c1ccc(OC(=O)C2CCCCC2)cc1.CCC(C)c1ccc(OC(C)OC2CCCCC2)cc1.CCC(C)c1ccc(OC(OC(C)C)C(C)(C)C)cc1.CCC(C)c1ccc(OC(OC2CC3CC2C2CCCC32)C2CCCCC2)cc1. The summed E-state index contributed by atoms with van der Waals surface area (Å²) in [5, 5.41) is 11.9. The number of ether oxygens (including phenoxy) is 7. The van der Waals surface area contributed by atoms with Crippen molar-refractivity contribution in [3.05, 3.63) is 197 Å². The maximum atomic E-state index is 12.0. The Labute approximate surface area is 685 Å². The first-order valence-electron chi connectivity index (χ1n) is 45.3. The Bertz CT molecular complexity index is 3780. The number of carbonyl (C=O) groups excluding carboxylic acids is 1. The molecule has 9 nitrogen and oxygen atoms in total. The number of esters is 1. The molecule has 620 valence electrons. The number of hydrogen-bond donors (Lipinski definition) is 1. The zero-order valence-electron chi connectivity index (χ0n) is 73.4. The minimum atomic E-state index is -0.239. The van der Waals surface area contributed by atoms with Gasteiger partial charge in [-0.25, -0.2) is 0 Å². The van der Waals surface area contributed by atoms with Crippen LogP contribution in [-0.2, 0) is 19.0 Å². The van der Waals surface area contributed by atoms with Crippen LogP contribution >= 0.6 is 0 Å². The average molecular weight is 1540 g/mol. The van der Waals surface area contributed by atoms with E-state index < -0.39 is 0 Å². The molecular formula is C104H150O9. The van der Waals surface area contributed by atoms with Crippen molar-refractivity contribution in [2.75, 3.05) is 0 Å². The number of hydrogen-bond acceptors (Lipinski definition) is 9. The smallest absolute Gasteiger partial charge is 0.314 e. The Kier molecular flexibility index (Phi) is 36.1. The van der Waals surface area contributed by atoms with Gasteiger partial charge in [0.15, 0.2) is 6.29 Å². The molecule has 14 rings (SSSR count). The molecule has 2 bridgehead atoms. The van der Waals surface area contributed by atoms with Gasteiger partial charge in [-0.15, -0.1) is 0 Å². The van der Waals surface area contributed by atoms with Crippen LogP contribution < -0.4 is 18.9 Å². The molecule has 0 aromatic heterocycles. The van der Waals surface area contributed by atoms with Crippen LogP contribution in [0, 0.1) is 40.9 Å². The second-order valence-electron chi connectivity index (χ2n) is 36.3.